The standard InChI is InChI=1S/C16H21NO3/c1-10(2)11(3)8-17-9-14-15(16(18)19)12-6-4-5-7-13(12)20-14/h4-7,10-11,17H,8-9H2,1-3H3,(H,18,19). The number of nitrogens with one attached hydrogen (secondary N) is 1. The fraction of sp³-hybridized carbons (Fsp3) is 0.438. The molecular weight excluding hydrogens is 254 g/mol. The van der Waals surface area contributed by atoms with E-state index in [2.05, 4.69) is 26.1 Å². The first kappa shape index (κ1) is 14.6. The van der Waals surface area contributed by atoms with Crippen molar-refractivity contribution >= 4 is 16.9 Å². The highest BCUT2D eigenvalue weighted by molar-refractivity contribution is 6.03. The molecule has 0 saturated heterocycles. The molecule has 2 rings (SSSR count). The molecule has 1 unspecified atom stereocenters. The van der Waals surface area contributed by atoms with Crippen molar-refractivity contribution < 1.29 is 14.3 Å². The van der Waals surface area contributed by atoms with Crippen LogP contribution >= 0.6 is 0 Å². The van der Waals surface area contributed by atoms with Crippen molar-refractivity contribution in [2.45, 2.75) is 27.3 Å². The van der Waals surface area contributed by atoms with E-state index < -0.39 is 5.97 Å². The Kier molecular flexibility index (Phi) is 4.45. The summed E-state index contributed by atoms with van der Waals surface area (Å²) >= 11 is 0. The number of hydrogen-bond acceptors (Lipinski definition) is 3. The van der Waals surface area contributed by atoms with Crippen LogP contribution in [0.25, 0.3) is 11.0 Å². The minimum absolute atomic E-state index is 0.269. The molecule has 0 radical (unpaired) electrons. The van der Waals surface area contributed by atoms with Gasteiger partial charge in [-0.25, -0.2) is 4.79 Å². The molecule has 0 aliphatic carbocycles. The number of fused-ring (bicyclic) bond motifs is 1. The summed E-state index contributed by atoms with van der Waals surface area (Å²) in [5.41, 5.74) is 0.893. The number of aromatic carboxylic acids is 1. The van der Waals surface area contributed by atoms with Crippen LogP contribution in [-0.2, 0) is 6.54 Å². The number of furan rings is 1. The first-order valence-electron chi connectivity index (χ1n) is 6.95. The molecular formula is C16H21NO3. The third kappa shape index (κ3) is 3.02. The Hall–Kier alpha value is -1.81. The maximum Gasteiger partial charge on any atom is 0.339 e. The summed E-state index contributed by atoms with van der Waals surface area (Å²) in [7, 11) is 0. The van der Waals surface area contributed by atoms with E-state index in [1.165, 1.54) is 0 Å². The Bertz CT molecular complexity index is 601. The van der Waals surface area contributed by atoms with Gasteiger partial charge in [0.15, 0.2) is 0 Å². The van der Waals surface area contributed by atoms with Gasteiger partial charge in [-0.15, -0.1) is 0 Å². The summed E-state index contributed by atoms with van der Waals surface area (Å²) in [6, 6.07) is 7.24. The van der Waals surface area contributed by atoms with Gasteiger partial charge in [-0.05, 0) is 24.4 Å². The average Bonchev–Trinajstić information content (AvgIpc) is 2.76. The monoisotopic (exact) mass is 275 g/mol. The average molecular weight is 275 g/mol. The van der Waals surface area contributed by atoms with Gasteiger partial charge in [0, 0.05) is 5.39 Å². The van der Waals surface area contributed by atoms with E-state index >= 15 is 0 Å². The van der Waals surface area contributed by atoms with Gasteiger partial charge in [0.05, 0.1) is 6.54 Å². The van der Waals surface area contributed by atoms with E-state index in [4.69, 9.17) is 4.42 Å². The minimum Gasteiger partial charge on any atom is -0.478 e. The van der Waals surface area contributed by atoms with Gasteiger partial charge in [-0.2, -0.15) is 0 Å². The zero-order valence-corrected chi connectivity index (χ0v) is 12.1. The van der Waals surface area contributed by atoms with E-state index in [1.54, 1.807) is 12.1 Å². The highest BCUT2D eigenvalue weighted by Crippen LogP contribution is 2.25. The maximum atomic E-state index is 11.4. The van der Waals surface area contributed by atoms with Gasteiger partial charge >= 0.3 is 5.97 Å². The highest BCUT2D eigenvalue weighted by Gasteiger charge is 2.19. The molecule has 2 aromatic rings. The lowest BCUT2D eigenvalue weighted by atomic mass is 9.98. The molecule has 0 saturated carbocycles. The Balaban J connectivity index is 2.17. The lowest BCUT2D eigenvalue weighted by Crippen LogP contribution is -2.24. The normalized spacial score (nSPS) is 13.0. The summed E-state index contributed by atoms with van der Waals surface area (Å²) < 4.78 is 5.66. The van der Waals surface area contributed by atoms with Crippen molar-refractivity contribution in [1.82, 2.24) is 5.32 Å². The molecule has 1 aromatic carbocycles. The van der Waals surface area contributed by atoms with Crippen LogP contribution in [0.1, 0.15) is 36.9 Å². The fourth-order valence-corrected chi connectivity index (χ4v) is 2.10. The first-order chi connectivity index (χ1) is 9.50. The smallest absolute Gasteiger partial charge is 0.339 e. The number of carboxylic acids is 1. The van der Waals surface area contributed by atoms with Gasteiger partial charge in [0.2, 0.25) is 0 Å². The number of para-hydroxylation sites is 1. The highest BCUT2D eigenvalue weighted by atomic mass is 16.4. The van der Waals surface area contributed by atoms with E-state index in [0.717, 1.165) is 6.54 Å². The summed E-state index contributed by atoms with van der Waals surface area (Å²) in [4.78, 5) is 11.4. The summed E-state index contributed by atoms with van der Waals surface area (Å²) in [5, 5.41) is 13.3. The Morgan fingerprint density at radius 1 is 1.30 bits per heavy atom. The summed E-state index contributed by atoms with van der Waals surface area (Å²) in [6.45, 7) is 7.81. The minimum atomic E-state index is -0.941. The molecule has 108 valence electrons. The van der Waals surface area contributed by atoms with Crippen LogP contribution in [-0.4, -0.2) is 17.6 Å². The summed E-state index contributed by atoms with van der Waals surface area (Å²) in [6.07, 6.45) is 0. The van der Waals surface area contributed by atoms with Crippen molar-refractivity contribution in [3.05, 3.63) is 35.6 Å². The van der Waals surface area contributed by atoms with Gasteiger partial charge in [-0.3, -0.25) is 0 Å². The second kappa shape index (κ2) is 6.09. The van der Waals surface area contributed by atoms with Gasteiger partial charge in [0.1, 0.15) is 16.9 Å². The Morgan fingerprint density at radius 3 is 2.65 bits per heavy atom. The van der Waals surface area contributed by atoms with Crippen molar-refractivity contribution in [3.63, 3.8) is 0 Å². The van der Waals surface area contributed by atoms with Crippen molar-refractivity contribution in [2.24, 2.45) is 11.8 Å². The SMILES string of the molecule is CC(C)C(C)CNCc1oc2ccccc2c1C(=O)O. The van der Waals surface area contributed by atoms with Gasteiger partial charge in [0.25, 0.3) is 0 Å². The molecule has 0 spiro atoms. The van der Waals surface area contributed by atoms with Crippen molar-refractivity contribution in [3.8, 4) is 0 Å². The van der Waals surface area contributed by atoms with Crippen LogP contribution in [0.2, 0.25) is 0 Å². The second-order valence-corrected chi connectivity index (χ2v) is 5.55. The number of carboxylic acid groups (broad SMARTS) is 1. The number of rotatable bonds is 6. The topological polar surface area (TPSA) is 62.5 Å². The van der Waals surface area contributed by atoms with Crippen LogP contribution < -0.4 is 5.32 Å². The van der Waals surface area contributed by atoms with Crippen LogP contribution in [0.4, 0.5) is 0 Å². The summed E-state index contributed by atoms with van der Waals surface area (Å²) in [5.74, 6) is 0.683. The van der Waals surface area contributed by atoms with Gasteiger partial charge in [-0.1, -0.05) is 39.0 Å². The van der Waals surface area contributed by atoms with Crippen LogP contribution in [0.5, 0.6) is 0 Å². The molecule has 0 fully saturated rings. The van der Waals surface area contributed by atoms with Gasteiger partial charge < -0.3 is 14.8 Å². The molecule has 4 nitrogen and oxygen atoms in total. The van der Waals surface area contributed by atoms with Crippen LogP contribution in [0, 0.1) is 11.8 Å². The molecule has 0 aliphatic rings. The molecule has 1 aromatic heterocycles. The third-order valence-corrected chi connectivity index (χ3v) is 3.77. The van der Waals surface area contributed by atoms with E-state index in [-0.39, 0.29) is 5.56 Å². The third-order valence-electron chi connectivity index (χ3n) is 3.77. The zero-order valence-electron chi connectivity index (χ0n) is 12.1. The van der Waals surface area contributed by atoms with Crippen LogP contribution in [0.15, 0.2) is 28.7 Å². The molecule has 1 heterocycles. The van der Waals surface area contributed by atoms with Crippen molar-refractivity contribution in [2.75, 3.05) is 6.54 Å². The van der Waals surface area contributed by atoms with E-state index in [9.17, 15) is 9.90 Å². The lowest BCUT2D eigenvalue weighted by Gasteiger charge is -2.15. The zero-order chi connectivity index (χ0) is 14.7. The predicted octanol–water partition coefficient (Wildman–Crippen LogP) is 3.51. The number of carbonyl (C=O) groups is 1. The van der Waals surface area contributed by atoms with Crippen molar-refractivity contribution in [1.29, 1.82) is 0 Å². The molecule has 0 aliphatic heterocycles. The Morgan fingerprint density at radius 2 is 2.00 bits per heavy atom. The molecule has 1 atom stereocenters. The number of benzene rings is 1. The first-order valence-corrected chi connectivity index (χ1v) is 6.95. The lowest BCUT2D eigenvalue weighted by molar-refractivity contribution is 0.0696. The molecule has 0 amide bonds. The largest absolute Gasteiger partial charge is 0.478 e. The molecule has 20 heavy (non-hydrogen) atoms. The fourth-order valence-electron chi connectivity index (χ4n) is 2.10. The molecule has 2 N–H and O–H groups in total. The predicted molar refractivity (Wildman–Crippen MR) is 78.9 cm³/mol. The maximum absolute atomic E-state index is 11.4. The quantitative estimate of drug-likeness (QED) is 0.846. The van der Waals surface area contributed by atoms with E-state index in [1.807, 2.05) is 12.1 Å². The second-order valence-electron chi connectivity index (χ2n) is 5.55. The molecule has 0 bridgehead atoms. The Labute approximate surface area is 118 Å². The van der Waals surface area contributed by atoms with Crippen LogP contribution in [0.3, 0.4) is 0 Å². The molecule has 4 heteroatoms. The number of hydrogen-bond donors (Lipinski definition) is 2. The van der Waals surface area contributed by atoms with E-state index in [0.29, 0.717) is 35.1 Å².